The number of rotatable bonds is 31. The van der Waals surface area contributed by atoms with Gasteiger partial charge in [-0.05, 0) is 51.4 Å². The maximum Gasteiger partial charge on any atom is 0.220 e. The second kappa shape index (κ2) is 31.9. The molecule has 0 aliphatic carbocycles. The van der Waals surface area contributed by atoms with E-state index >= 15 is 0 Å². The maximum absolute atomic E-state index is 12.9. The van der Waals surface area contributed by atoms with Crippen molar-refractivity contribution < 1.29 is 39.8 Å². The summed E-state index contributed by atoms with van der Waals surface area (Å²) in [5.74, 6) is -0.165. The summed E-state index contributed by atoms with van der Waals surface area (Å²) in [6.07, 6.45) is 31.3. The highest BCUT2D eigenvalue weighted by Crippen LogP contribution is 2.23. The van der Waals surface area contributed by atoms with Gasteiger partial charge in [-0.15, -0.1) is 0 Å². The minimum absolute atomic E-state index is 0.147. The van der Waals surface area contributed by atoms with E-state index in [0.717, 1.165) is 77.0 Å². The normalized spacial score (nSPS) is 22.7. The van der Waals surface area contributed by atoms with Gasteiger partial charge in [0, 0.05) is 6.42 Å². The Morgan fingerprint density at radius 1 is 0.700 bits per heavy atom. The van der Waals surface area contributed by atoms with E-state index in [1.54, 1.807) is 0 Å². The molecule has 6 N–H and O–H groups in total. The fraction of sp³-hybridized carbons (Fsp3) is 0.780. The molecule has 0 spiro atoms. The van der Waals surface area contributed by atoms with Gasteiger partial charge in [0.15, 0.2) is 6.29 Å². The lowest BCUT2D eigenvalue weighted by Crippen LogP contribution is -2.60. The number of hydrogen-bond acceptors (Lipinski definition) is 8. The summed E-state index contributed by atoms with van der Waals surface area (Å²) in [5.41, 5.74) is 0. The summed E-state index contributed by atoms with van der Waals surface area (Å²) < 4.78 is 11.2. The first-order chi connectivity index (χ1) is 24.3. The van der Waals surface area contributed by atoms with Crippen molar-refractivity contribution >= 4 is 5.91 Å². The zero-order valence-electron chi connectivity index (χ0n) is 31.4. The molecule has 7 atom stereocenters. The fourth-order valence-electron chi connectivity index (χ4n) is 5.97. The molecule has 0 aromatic rings. The number of allylic oxidation sites excluding steroid dienone is 8. The summed E-state index contributed by atoms with van der Waals surface area (Å²) in [7, 11) is 0. The van der Waals surface area contributed by atoms with Gasteiger partial charge in [0.05, 0.1) is 25.4 Å². The summed E-state index contributed by atoms with van der Waals surface area (Å²) in [6, 6.07) is -0.724. The number of carbonyl (C=O) groups is 1. The van der Waals surface area contributed by atoms with Crippen LogP contribution in [0.3, 0.4) is 0 Å². The van der Waals surface area contributed by atoms with Crippen LogP contribution in [-0.4, -0.2) is 87.5 Å². The Balaban J connectivity index is 2.35. The van der Waals surface area contributed by atoms with E-state index in [1.807, 2.05) is 0 Å². The molecule has 0 aromatic carbocycles. The monoisotopic (exact) mass is 708 g/mol. The van der Waals surface area contributed by atoms with Crippen LogP contribution in [0.2, 0.25) is 0 Å². The molecule has 290 valence electrons. The molecule has 1 heterocycles. The Bertz CT molecular complexity index is 920. The Kier molecular flexibility index (Phi) is 29.4. The molecular formula is C41H73NO8. The van der Waals surface area contributed by atoms with Crippen LogP contribution in [0.1, 0.15) is 149 Å². The van der Waals surface area contributed by atoms with E-state index in [4.69, 9.17) is 9.47 Å². The number of amides is 1. The van der Waals surface area contributed by atoms with Crippen molar-refractivity contribution in [3.8, 4) is 0 Å². The molecule has 7 unspecified atom stereocenters. The van der Waals surface area contributed by atoms with Crippen molar-refractivity contribution in [1.82, 2.24) is 5.32 Å². The smallest absolute Gasteiger partial charge is 0.220 e. The van der Waals surface area contributed by atoms with Gasteiger partial charge in [0.25, 0.3) is 0 Å². The molecule has 0 saturated carbocycles. The molecule has 0 aromatic heterocycles. The van der Waals surface area contributed by atoms with Crippen LogP contribution in [0.5, 0.6) is 0 Å². The number of hydrogen-bond donors (Lipinski definition) is 6. The highest BCUT2D eigenvalue weighted by atomic mass is 16.7. The maximum atomic E-state index is 12.9. The third-order valence-electron chi connectivity index (χ3n) is 9.20. The third-order valence-corrected chi connectivity index (χ3v) is 9.20. The quantitative estimate of drug-likeness (QED) is 0.0330. The minimum Gasteiger partial charge on any atom is -0.394 e. The fourth-order valence-corrected chi connectivity index (χ4v) is 5.97. The molecule has 50 heavy (non-hydrogen) atoms. The highest BCUT2D eigenvalue weighted by molar-refractivity contribution is 5.76. The van der Waals surface area contributed by atoms with Gasteiger partial charge < -0.3 is 40.3 Å². The second-order valence-corrected chi connectivity index (χ2v) is 13.7. The summed E-state index contributed by atoms with van der Waals surface area (Å²) in [4.78, 5) is 12.9. The second-order valence-electron chi connectivity index (χ2n) is 13.7. The van der Waals surface area contributed by atoms with E-state index in [0.29, 0.717) is 12.8 Å². The van der Waals surface area contributed by atoms with Crippen LogP contribution in [0.4, 0.5) is 0 Å². The third kappa shape index (κ3) is 22.9. The number of aliphatic hydroxyl groups is 5. The molecule has 1 amide bonds. The van der Waals surface area contributed by atoms with Crippen LogP contribution in [0.25, 0.3) is 0 Å². The lowest BCUT2D eigenvalue weighted by atomic mass is 9.99. The molecular weight excluding hydrogens is 634 g/mol. The SMILES string of the molecule is CC/C=C\C/C=C\C/C=C\C/C=C\CCCCCCCCC(=O)NC(COC1OC(CO)C(O)C(O)C1O)C(O)CCCCCCCCCC. The first kappa shape index (κ1) is 46.2. The number of aliphatic hydroxyl groups excluding tert-OH is 5. The van der Waals surface area contributed by atoms with E-state index in [-0.39, 0.29) is 12.5 Å². The largest absolute Gasteiger partial charge is 0.394 e. The van der Waals surface area contributed by atoms with E-state index in [2.05, 4.69) is 67.8 Å². The topological polar surface area (TPSA) is 149 Å². The van der Waals surface area contributed by atoms with Gasteiger partial charge in [-0.1, -0.05) is 140 Å². The van der Waals surface area contributed by atoms with Crippen LogP contribution in [0, 0.1) is 0 Å². The van der Waals surface area contributed by atoms with Crippen molar-refractivity contribution in [3.63, 3.8) is 0 Å². The Morgan fingerprint density at radius 2 is 1.24 bits per heavy atom. The molecule has 1 rings (SSSR count). The van der Waals surface area contributed by atoms with Crippen molar-refractivity contribution in [2.75, 3.05) is 13.2 Å². The highest BCUT2D eigenvalue weighted by Gasteiger charge is 2.44. The molecule has 0 bridgehead atoms. The number of ether oxygens (including phenoxy) is 2. The Morgan fingerprint density at radius 3 is 1.84 bits per heavy atom. The summed E-state index contributed by atoms with van der Waals surface area (Å²) in [6.45, 7) is 3.64. The van der Waals surface area contributed by atoms with Gasteiger partial charge in [0.2, 0.25) is 5.91 Å². The van der Waals surface area contributed by atoms with Gasteiger partial charge in [-0.3, -0.25) is 4.79 Å². The predicted octanol–water partition coefficient (Wildman–Crippen LogP) is 7.11. The predicted molar refractivity (Wildman–Crippen MR) is 203 cm³/mol. The average molecular weight is 708 g/mol. The molecule has 1 fully saturated rings. The zero-order valence-corrected chi connectivity index (χ0v) is 31.4. The van der Waals surface area contributed by atoms with Gasteiger partial charge >= 0.3 is 0 Å². The first-order valence-electron chi connectivity index (χ1n) is 19.8. The summed E-state index contributed by atoms with van der Waals surface area (Å²) >= 11 is 0. The molecule has 0 radical (unpaired) electrons. The van der Waals surface area contributed by atoms with Gasteiger partial charge in [0.1, 0.15) is 24.4 Å². The van der Waals surface area contributed by atoms with Crippen molar-refractivity contribution in [2.45, 2.75) is 192 Å². The van der Waals surface area contributed by atoms with Crippen LogP contribution < -0.4 is 5.32 Å². The van der Waals surface area contributed by atoms with E-state index in [9.17, 15) is 30.3 Å². The average Bonchev–Trinajstić information content (AvgIpc) is 3.11. The number of unbranched alkanes of at least 4 members (excludes halogenated alkanes) is 13. The number of nitrogens with one attached hydrogen (secondary N) is 1. The summed E-state index contributed by atoms with van der Waals surface area (Å²) in [5, 5.41) is 53.9. The standard InChI is InChI=1S/C41H73NO8/c1-3-5-7-9-11-13-14-15-16-17-18-19-20-21-22-23-25-27-29-31-37(45)42-34(35(44)30-28-26-24-12-10-8-6-4-2)33-49-41-40(48)39(47)38(46)36(32-43)50-41/h5,7,11,13,15-16,18-19,34-36,38-41,43-44,46-48H,3-4,6,8-10,12,14,17,20-33H2,1-2H3,(H,42,45)/b7-5-,13-11-,16-15-,19-18-. The molecule has 1 aliphatic rings. The molecule has 9 heteroatoms. The number of carbonyl (C=O) groups excluding carboxylic acids is 1. The van der Waals surface area contributed by atoms with Crippen molar-refractivity contribution in [1.29, 1.82) is 0 Å². The van der Waals surface area contributed by atoms with Crippen LogP contribution >= 0.6 is 0 Å². The van der Waals surface area contributed by atoms with Gasteiger partial charge in [-0.2, -0.15) is 0 Å². The lowest BCUT2D eigenvalue weighted by Gasteiger charge is -2.40. The zero-order chi connectivity index (χ0) is 36.7. The van der Waals surface area contributed by atoms with Crippen LogP contribution in [0.15, 0.2) is 48.6 Å². The van der Waals surface area contributed by atoms with E-state index in [1.165, 1.54) is 44.9 Å². The Labute approximate surface area is 303 Å². The Hall–Kier alpha value is -1.85. The molecule has 9 nitrogen and oxygen atoms in total. The first-order valence-corrected chi connectivity index (χ1v) is 19.8. The molecule has 1 saturated heterocycles. The van der Waals surface area contributed by atoms with Crippen molar-refractivity contribution in [2.24, 2.45) is 0 Å². The molecule has 1 aliphatic heterocycles. The van der Waals surface area contributed by atoms with Crippen molar-refractivity contribution in [3.05, 3.63) is 48.6 Å². The minimum atomic E-state index is -1.55. The van der Waals surface area contributed by atoms with Gasteiger partial charge in [-0.25, -0.2) is 0 Å². The lowest BCUT2D eigenvalue weighted by molar-refractivity contribution is -0.302. The van der Waals surface area contributed by atoms with Crippen LogP contribution in [-0.2, 0) is 14.3 Å². The van der Waals surface area contributed by atoms with E-state index < -0.39 is 49.5 Å².